The van der Waals surface area contributed by atoms with Gasteiger partial charge in [0.2, 0.25) is 0 Å². The largest absolute Gasteiger partial charge is 0.463 e. The third-order valence-electron chi connectivity index (χ3n) is 2.47. The number of benzene rings is 1. The molecule has 0 atom stereocenters. The molecule has 0 aliphatic heterocycles. The van der Waals surface area contributed by atoms with E-state index in [1.807, 2.05) is 53.4 Å². The maximum absolute atomic E-state index is 11.2. The molecule has 3 nitrogen and oxygen atoms in total. The number of hydrogen-bond donors (Lipinski definition) is 0. The SMILES string of the molecule is CCOC(=O)C=Cc1cccc(-n2cccc2)c1. The number of aromatic nitrogens is 1. The van der Waals surface area contributed by atoms with E-state index < -0.39 is 0 Å². The van der Waals surface area contributed by atoms with Gasteiger partial charge in [-0.15, -0.1) is 0 Å². The molecule has 1 heterocycles. The molecule has 0 amide bonds. The zero-order valence-corrected chi connectivity index (χ0v) is 10.2. The zero-order valence-electron chi connectivity index (χ0n) is 10.2. The van der Waals surface area contributed by atoms with Crippen LogP contribution in [0.25, 0.3) is 11.8 Å². The molecule has 2 rings (SSSR count). The van der Waals surface area contributed by atoms with E-state index in [-0.39, 0.29) is 5.97 Å². The van der Waals surface area contributed by atoms with Gasteiger partial charge < -0.3 is 9.30 Å². The molecular weight excluding hydrogens is 226 g/mol. The molecule has 1 aromatic heterocycles. The van der Waals surface area contributed by atoms with Gasteiger partial charge in [0, 0.05) is 24.2 Å². The Balaban J connectivity index is 2.15. The summed E-state index contributed by atoms with van der Waals surface area (Å²) >= 11 is 0. The molecule has 0 fully saturated rings. The smallest absolute Gasteiger partial charge is 0.330 e. The summed E-state index contributed by atoms with van der Waals surface area (Å²) in [5.74, 6) is -0.316. The topological polar surface area (TPSA) is 31.2 Å². The van der Waals surface area contributed by atoms with Crippen LogP contribution in [-0.4, -0.2) is 17.1 Å². The van der Waals surface area contributed by atoms with Crippen LogP contribution < -0.4 is 0 Å². The molecule has 0 aliphatic carbocycles. The summed E-state index contributed by atoms with van der Waals surface area (Å²) in [5, 5.41) is 0. The van der Waals surface area contributed by atoms with Crippen LogP contribution >= 0.6 is 0 Å². The van der Waals surface area contributed by atoms with Crippen LogP contribution in [0, 0.1) is 0 Å². The molecule has 0 bridgehead atoms. The minimum atomic E-state index is -0.316. The van der Waals surface area contributed by atoms with Crippen molar-refractivity contribution in [2.24, 2.45) is 0 Å². The Kier molecular flexibility index (Phi) is 3.97. The third kappa shape index (κ3) is 3.10. The van der Waals surface area contributed by atoms with Crippen LogP contribution in [-0.2, 0) is 9.53 Å². The maximum Gasteiger partial charge on any atom is 0.330 e. The highest BCUT2D eigenvalue weighted by molar-refractivity contribution is 5.87. The molecule has 0 spiro atoms. The van der Waals surface area contributed by atoms with Gasteiger partial charge in [0.15, 0.2) is 0 Å². The van der Waals surface area contributed by atoms with Crippen LogP contribution in [0.15, 0.2) is 54.9 Å². The van der Waals surface area contributed by atoms with Crippen LogP contribution in [0.3, 0.4) is 0 Å². The molecular formula is C15H15NO2. The van der Waals surface area contributed by atoms with Crippen LogP contribution in [0.2, 0.25) is 0 Å². The molecule has 0 radical (unpaired) electrons. The lowest BCUT2D eigenvalue weighted by Crippen LogP contribution is -1.98. The molecule has 18 heavy (non-hydrogen) atoms. The van der Waals surface area contributed by atoms with E-state index in [0.29, 0.717) is 6.61 Å². The van der Waals surface area contributed by atoms with Gasteiger partial charge in [-0.2, -0.15) is 0 Å². The van der Waals surface area contributed by atoms with Gasteiger partial charge in [-0.25, -0.2) is 4.79 Å². The normalized spacial score (nSPS) is 10.7. The van der Waals surface area contributed by atoms with Crippen molar-refractivity contribution < 1.29 is 9.53 Å². The lowest BCUT2D eigenvalue weighted by molar-refractivity contribution is -0.137. The Morgan fingerprint density at radius 2 is 2.06 bits per heavy atom. The van der Waals surface area contributed by atoms with Crippen molar-refractivity contribution in [2.45, 2.75) is 6.92 Å². The van der Waals surface area contributed by atoms with Crippen molar-refractivity contribution in [1.29, 1.82) is 0 Å². The molecule has 0 unspecified atom stereocenters. The van der Waals surface area contributed by atoms with Gasteiger partial charge in [-0.1, -0.05) is 12.1 Å². The summed E-state index contributed by atoms with van der Waals surface area (Å²) in [7, 11) is 0. The predicted octanol–water partition coefficient (Wildman–Crippen LogP) is 3.05. The molecule has 2 aromatic rings. The summed E-state index contributed by atoms with van der Waals surface area (Å²) in [6, 6.07) is 11.9. The molecule has 1 aromatic carbocycles. The fourth-order valence-corrected chi connectivity index (χ4v) is 1.65. The zero-order chi connectivity index (χ0) is 12.8. The highest BCUT2D eigenvalue weighted by atomic mass is 16.5. The second-order valence-corrected chi connectivity index (χ2v) is 3.77. The lowest BCUT2D eigenvalue weighted by atomic mass is 10.2. The average molecular weight is 241 g/mol. The van der Waals surface area contributed by atoms with Crippen molar-refractivity contribution in [3.63, 3.8) is 0 Å². The first-order valence-corrected chi connectivity index (χ1v) is 5.88. The molecule has 0 aliphatic rings. The molecule has 0 saturated carbocycles. The minimum Gasteiger partial charge on any atom is -0.463 e. The van der Waals surface area contributed by atoms with Crippen molar-refractivity contribution in [2.75, 3.05) is 6.61 Å². The van der Waals surface area contributed by atoms with Gasteiger partial charge in [-0.05, 0) is 42.8 Å². The number of carbonyl (C=O) groups is 1. The minimum absolute atomic E-state index is 0.316. The summed E-state index contributed by atoms with van der Waals surface area (Å²) in [6.07, 6.45) is 7.16. The van der Waals surface area contributed by atoms with Crippen molar-refractivity contribution in [3.8, 4) is 5.69 Å². The number of nitrogens with zero attached hydrogens (tertiary/aromatic N) is 1. The van der Waals surface area contributed by atoms with E-state index in [1.54, 1.807) is 13.0 Å². The molecule has 0 N–H and O–H groups in total. The lowest BCUT2D eigenvalue weighted by Gasteiger charge is -2.03. The van der Waals surface area contributed by atoms with Crippen LogP contribution in [0.4, 0.5) is 0 Å². The number of rotatable bonds is 4. The first-order valence-electron chi connectivity index (χ1n) is 5.88. The van der Waals surface area contributed by atoms with Crippen molar-refractivity contribution >= 4 is 12.0 Å². The van der Waals surface area contributed by atoms with Crippen LogP contribution in [0.5, 0.6) is 0 Å². The Bertz CT molecular complexity index is 541. The van der Waals surface area contributed by atoms with Crippen LogP contribution in [0.1, 0.15) is 12.5 Å². The Morgan fingerprint density at radius 3 is 2.78 bits per heavy atom. The van der Waals surface area contributed by atoms with E-state index in [0.717, 1.165) is 11.3 Å². The van der Waals surface area contributed by atoms with Gasteiger partial charge in [0.05, 0.1) is 6.61 Å². The van der Waals surface area contributed by atoms with Gasteiger partial charge in [-0.3, -0.25) is 0 Å². The summed E-state index contributed by atoms with van der Waals surface area (Å²) in [4.78, 5) is 11.2. The number of carbonyl (C=O) groups excluding carboxylic acids is 1. The van der Waals surface area contributed by atoms with E-state index in [2.05, 4.69) is 0 Å². The quantitative estimate of drug-likeness (QED) is 0.608. The number of hydrogen-bond acceptors (Lipinski definition) is 2. The Labute approximate surface area is 106 Å². The first kappa shape index (κ1) is 12.2. The van der Waals surface area contributed by atoms with Crippen molar-refractivity contribution in [1.82, 2.24) is 4.57 Å². The van der Waals surface area contributed by atoms with E-state index in [9.17, 15) is 4.79 Å². The van der Waals surface area contributed by atoms with E-state index in [4.69, 9.17) is 4.74 Å². The summed E-state index contributed by atoms with van der Waals surface area (Å²) in [5.41, 5.74) is 2.03. The fourth-order valence-electron chi connectivity index (χ4n) is 1.65. The second kappa shape index (κ2) is 5.87. The highest BCUT2D eigenvalue weighted by Gasteiger charge is 1.97. The predicted molar refractivity (Wildman–Crippen MR) is 71.4 cm³/mol. The number of esters is 1. The van der Waals surface area contributed by atoms with Crippen molar-refractivity contribution in [3.05, 3.63) is 60.4 Å². The molecule has 0 saturated heterocycles. The standard InChI is InChI=1S/C15H15NO2/c1-2-18-15(17)9-8-13-6-5-7-14(12-13)16-10-3-4-11-16/h3-12H,2H2,1H3. The van der Waals surface area contributed by atoms with Gasteiger partial charge >= 0.3 is 5.97 Å². The Hall–Kier alpha value is -2.29. The molecule has 3 heteroatoms. The van der Waals surface area contributed by atoms with Gasteiger partial charge in [0.1, 0.15) is 0 Å². The fraction of sp³-hybridized carbons (Fsp3) is 0.133. The first-order chi connectivity index (χ1) is 8.79. The summed E-state index contributed by atoms with van der Waals surface area (Å²) in [6.45, 7) is 2.19. The number of ether oxygens (including phenoxy) is 1. The molecule has 92 valence electrons. The van der Waals surface area contributed by atoms with E-state index >= 15 is 0 Å². The average Bonchev–Trinajstić information content (AvgIpc) is 2.91. The Morgan fingerprint density at radius 1 is 1.28 bits per heavy atom. The maximum atomic E-state index is 11.2. The summed E-state index contributed by atoms with van der Waals surface area (Å²) < 4.78 is 6.85. The third-order valence-corrected chi connectivity index (χ3v) is 2.47. The highest BCUT2D eigenvalue weighted by Crippen LogP contribution is 2.12. The second-order valence-electron chi connectivity index (χ2n) is 3.77. The van der Waals surface area contributed by atoms with E-state index in [1.165, 1.54) is 6.08 Å². The monoisotopic (exact) mass is 241 g/mol. The van der Waals surface area contributed by atoms with Gasteiger partial charge in [0.25, 0.3) is 0 Å².